The van der Waals surface area contributed by atoms with Gasteiger partial charge in [-0.15, -0.1) is 0 Å². The van der Waals surface area contributed by atoms with Crippen LogP contribution in [0.1, 0.15) is 33.6 Å². The quantitative estimate of drug-likeness (QED) is 0.691. The van der Waals surface area contributed by atoms with Crippen LogP contribution in [0.3, 0.4) is 0 Å². The van der Waals surface area contributed by atoms with Gasteiger partial charge in [0.2, 0.25) is 10.0 Å². The number of benzene rings is 2. The molecule has 164 valence electrons. The fourth-order valence-corrected chi connectivity index (χ4v) is 10.3. The summed E-state index contributed by atoms with van der Waals surface area (Å²) in [7, 11) is -6.04. The first-order valence-corrected chi connectivity index (χ1v) is 14.3. The molecule has 3 rings (SSSR count). The molecule has 30 heavy (non-hydrogen) atoms. The third kappa shape index (κ3) is 4.70. The van der Waals surface area contributed by atoms with Crippen molar-refractivity contribution in [3.8, 4) is 0 Å². The summed E-state index contributed by atoms with van der Waals surface area (Å²) in [5, 5.41) is 2.25. The fraction of sp³-hybridized carbons (Fsp3) is 0.478. The van der Waals surface area contributed by atoms with Crippen molar-refractivity contribution in [3.05, 3.63) is 60.7 Å². The van der Waals surface area contributed by atoms with Gasteiger partial charge in [-0.2, -0.15) is 4.31 Å². The van der Waals surface area contributed by atoms with E-state index >= 15 is 0 Å². The third-order valence-electron chi connectivity index (χ3n) is 6.03. The summed E-state index contributed by atoms with van der Waals surface area (Å²) in [4.78, 5) is 0. The Balaban J connectivity index is 2.03. The van der Waals surface area contributed by atoms with Crippen LogP contribution in [0.2, 0.25) is 5.04 Å². The van der Waals surface area contributed by atoms with Crippen LogP contribution in [-0.4, -0.2) is 52.5 Å². The Kier molecular flexibility index (Phi) is 6.89. The van der Waals surface area contributed by atoms with Crippen LogP contribution in [0.15, 0.2) is 60.7 Å². The van der Waals surface area contributed by atoms with Crippen LogP contribution in [0.25, 0.3) is 0 Å². The lowest BCUT2D eigenvalue weighted by atomic mass is 10.0. The van der Waals surface area contributed by atoms with E-state index in [0.717, 1.165) is 6.42 Å². The first-order chi connectivity index (χ1) is 14.1. The van der Waals surface area contributed by atoms with E-state index in [-0.39, 0.29) is 17.1 Å². The highest BCUT2D eigenvalue weighted by atomic mass is 32.2. The van der Waals surface area contributed by atoms with Crippen LogP contribution in [-0.2, 0) is 14.4 Å². The maximum atomic E-state index is 12.4. The number of sulfonamides is 1. The van der Waals surface area contributed by atoms with Crippen LogP contribution < -0.4 is 16.1 Å². The molecule has 7 heteroatoms. The van der Waals surface area contributed by atoms with Crippen molar-refractivity contribution in [3.63, 3.8) is 0 Å². The van der Waals surface area contributed by atoms with E-state index in [1.807, 2.05) is 12.1 Å². The van der Waals surface area contributed by atoms with Crippen LogP contribution >= 0.6 is 0 Å². The van der Waals surface area contributed by atoms with Crippen molar-refractivity contribution in [1.82, 2.24) is 4.31 Å². The number of rotatable bonds is 6. The monoisotopic (exact) mass is 446 g/mol. The van der Waals surface area contributed by atoms with Crippen LogP contribution in [0.5, 0.6) is 0 Å². The Bertz CT molecular complexity index is 890. The summed E-state index contributed by atoms with van der Waals surface area (Å²) >= 11 is 0. The van der Waals surface area contributed by atoms with Gasteiger partial charge in [-0.05, 0) is 28.3 Å². The maximum absolute atomic E-state index is 12.4. The van der Waals surface area contributed by atoms with E-state index in [1.165, 1.54) is 16.6 Å². The van der Waals surface area contributed by atoms with E-state index in [4.69, 9.17) is 10.2 Å². The lowest BCUT2D eigenvalue weighted by Gasteiger charge is -2.45. The molecule has 0 amide bonds. The summed E-state index contributed by atoms with van der Waals surface area (Å²) in [6.45, 7) is 7.40. The molecule has 0 spiro atoms. The standard InChI is InChI=1S/C23H34N2O3SSi/c1-23(2,3)30(21-11-7-5-8-12-21,22-13-9-6-10-14-22)28-18-20-16-15-19(24)17-25(20)29(4,26)27/h5-14,19-20H,15-18,24H2,1-4H3. The number of hydrogen-bond donors (Lipinski definition) is 1. The summed E-state index contributed by atoms with van der Waals surface area (Å²) in [6.07, 6.45) is 2.79. The van der Waals surface area contributed by atoms with Crippen LogP contribution in [0, 0.1) is 0 Å². The second kappa shape index (κ2) is 8.92. The second-order valence-corrected chi connectivity index (χ2v) is 15.5. The van der Waals surface area contributed by atoms with Gasteiger partial charge in [-0.1, -0.05) is 81.4 Å². The molecule has 0 saturated carbocycles. The highest BCUT2D eigenvalue weighted by molar-refractivity contribution is 7.88. The zero-order valence-corrected chi connectivity index (χ0v) is 20.2. The van der Waals surface area contributed by atoms with Gasteiger partial charge in [0.15, 0.2) is 0 Å². The zero-order valence-electron chi connectivity index (χ0n) is 18.4. The van der Waals surface area contributed by atoms with Gasteiger partial charge in [-0.25, -0.2) is 8.42 Å². The highest BCUT2D eigenvalue weighted by Gasteiger charge is 2.50. The van der Waals surface area contributed by atoms with Crippen molar-refractivity contribution in [2.75, 3.05) is 19.4 Å². The molecular weight excluding hydrogens is 412 g/mol. The van der Waals surface area contributed by atoms with Crippen molar-refractivity contribution in [1.29, 1.82) is 0 Å². The minimum atomic E-state index is -3.35. The predicted octanol–water partition coefficient (Wildman–Crippen LogP) is 2.31. The topological polar surface area (TPSA) is 72.6 Å². The molecular formula is C23H34N2O3SSi. The Hall–Kier alpha value is -1.51. The molecule has 2 atom stereocenters. The summed E-state index contributed by atoms with van der Waals surface area (Å²) in [5.41, 5.74) is 6.08. The molecule has 2 unspecified atom stereocenters. The van der Waals surface area contributed by atoms with E-state index in [9.17, 15) is 8.42 Å². The van der Waals surface area contributed by atoms with Crippen LogP contribution in [0.4, 0.5) is 0 Å². The smallest absolute Gasteiger partial charge is 0.261 e. The average Bonchev–Trinajstić information content (AvgIpc) is 2.69. The van der Waals surface area contributed by atoms with Crippen molar-refractivity contribution < 1.29 is 12.8 Å². The Morgan fingerprint density at radius 1 is 1.00 bits per heavy atom. The van der Waals surface area contributed by atoms with Gasteiger partial charge < -0.3 is 10.2 Å². The van der Waals surface area contributed by atoms with Crippen molar-refractivity contribution in [2.24, 2.45) is 5.73 Å². The molecule has 5 nitrogen and oxygen atoms in total. The molecule has 0 radical (unpaired) electrons. The molecule has 1 aliphatic rings. The molecule has 2 aromatic rings. The molecule has 2 N–H and O–H groups in total. The number of nitrogens with two attached hydrogens (primary N) is 1. The lowest BCUT2D eigenvalue weighted by molar-refractivity contribution is 0.153. The largest absolute Gasteiger partial charge is 0.406 e. The van der Waals surface area contributed by atoms with Gasteiger partial charge >= 0.3 is 0 Å². The molecule has 1 saturated heterocycles. The Morgan fingerprint density at radius 2 is 1.50 bits per heavy atom. The normalized spacial score (nSPS) is 21.5. The van der Waals surface area contributed by atoms with Gasteiger partial charge in [-0.3, -0.25) is 0 Å². The second-order valence-electron chi connectivity index (χ2n) is 9.30. The van der Waals surface area contributed by atoms with E-state index in [1.54, 1.807) is 4.31 Å². The molecule has 0 aliphatic carbocycles. The van der Waals surface area contributed by atoms with E-state index < -0.39 is 18.3 Å². The first-order valence-electron chi connectivity index (χ1n) is 10.5. The molecule has 0 aromatic heterocycles. The van der Waals surface area contributed by atoms with E-state index in [0.29, 0.717) is 19.6 Å². The molecule has 2 aromatic carbocycles. The van der Waals surface area contributed by atoms with Gasteiger partial charge in [0.05, 0.1) is 12.9 Å². The lowest BCUT2D eigenvalue weighted by Crippen LogP contribution is -2.67. The summed E-state index contributed by atoms with van der Waals surface area (Å²) in [5.74, 6) is 0. The molecule has 1 aliphatic heterocycles. The SMILES string of the molecule is CC(C)(C)[Si](OCC1CCC(N)CN1S(C)(=O)=O)(c1ccccc1)c1ccccc1. The van der Waals surface area contributed by atoms with Gasteiger partial charge in [0.1, 0.15) is 0 Å². The molecule has 1 heterocycles. The van der Waals surface area contributed by atoms with Crippen molar-refractivity contribution in [2.45, 2.75) is 50.7 Å². The number of piperidine rings is 1. The first kappa shape index (κ1) is 23.2. The average molecular weight is 447 g/mol. The Labute approximate surface area is 182 Å². The third-order valence-corrected chi connectivity index (χ3v) is 12.3. The predicted molar refractivity (Wildman–Crippen MR) is 126 cm³/mol. The molecule has 0 bridgehead atoms. The van der Waals surface area contributed by atoms with E-state index in [2.05, 4.69) is 69.3 Å². The molecule has 1 fully saturated rings. The zero-order chi connectivity index (χ0) is 22.0. The minimum absolute atomic E-state index is 0.121. The van der Waals surface area contributed by atoms with Crippen molar-refractivity contribution >= 4 is 28.7 Å². The minimum Gasteiger partial charge on any atom is -0.406 e. The summed E-state index contributed by atoms with van der Waals surface area (Å²) < 4.78 is 33.4. The Morgan fingerprint density at radius 3 is 1.93 bits per heavy atom. The highest BCUT2D eigenvalue weighted by Crippen LogP contribution is 2.37. The van der Waals surface area contributed by atoms with Gasteiger partial charge in [0.25, 0.3) is 8.32 Å². The fourth-order valence-electron chi connectivity index (χ4n) is 4.58. The maximum Gasteiger partial charge on any atom is 0.261 e. The number of nitrogens with zero attached hydrogens (tertiary/aromatic N) is 1. The number of hydrogen-bond acceptors (Lipinski definition) is 4. The summed E-state index contributed by atoms with van der Waals surface area (Å²) in [6, 6.07) is 20.5. The van der Waals surface area contributed by atoms with Gasteiger partial charge in [0, 0.05) is 18.6 Å².